The molecule has 1 heterocycles. The van der Waals surface area contributed by atoms with Crippen molar-refractivity contribution in [1.29, 1.82) is 0 Å². The van der Waals surface area contributed by atoms with Crippen molar-refractivity contribution in [3.8, 4) is 0 Å². The van der Waals surface area contributed by atoms with E-state index in [4.69, 9.17) is 4.74 Å². The van der Waals surface area contributed by atoms with E-state index in [9.17, 15) is 12.8 Å². The summed E-state index contributed by atoms with van der Waals surface area (Å²) in [7, 11) is -3.58. The van der Waals surface area contributed by atoms with Crippen molar-refractivity contribution in [1.82, 2.24) is 9.21 Å². The molecule has 0 atom stereocenters. The van der Waals surface area contributed by atoms with Crippen LogP contribution in [-0.2, 0) is 27.1 Å². The molecule has 1 aliphatic rings. The predicted octanol–water partition coefficient (Wildman–Crippen LogP) is 2.49. The smallest absolute Gasteiger partial charge is 0.218 e. The van der Waals surface area contributed by atoms with Crippen LogP contribution in [0.15, 0.2) is 54.6 Å². The number of hydrogen-bond donors (Lipinski definition) is 0. The molecule has 1 saturated heterocycles. The normalized spacial score (nSPS) is 15.9. The van der Waals surface area contributed by atoms with Crippen molar-refractivity contribution in [2.75, 3.05) is 39.4 Å². The van der Waals surface area contributed by atoms with Crippen LogP contribution in [0.1, 0.15) is 11.1 Å². The predicted molar refractivity (Wildman–Crippen MR) is 103 cm³/mol. The minimum Gasteiger partial charge on any atom is -0.379 e. The third-order valence-corrected chi connectivity index (χ3v) is 6.46. The SMILES string of the molecule is O=S(=O)(Cc1ccccc1)N(CCN1CCOCC1)Cc1ccccc1F. The van der Waals surface area contributed by atoms with E-state index in [2.05, 4.69) is 4.90 Å². The van der Waals surface area contributed by atoms with Gasteiger partial charge < -0.3 is 4.74 Å². The molecule has 0 saturated carbocycles. The van der Waals surface area contributed by atoms with Crippen LogP contribution in [0.4, 0.5) is 4.39 Å². The Morgan fingerprint density at radius 2 is 1.67 bits per heavy atom. The summed E-state index contributed by atoms with van der Waals surface area (Å²) in [5.41, 5.74) is 1.11. The van der Waals surface area contributed by atoms with Crippen LogP contribution in [0.25, 0.3) is 0 Å². The lowest BCUT2D eigenvalue weighted by molar-refractivity contribution is 0.0361. The number of rotatable bonds is 8. The van der Waals surface area contributed by atoms with Gasteiger partial charge in [-0.2, -0.15) is 4.31 Å². The fourth-order valence-corrected chi connectivity index (χ4v) is 4.58. The first-order valence-corrected chi connectivity index (χ1v) is 10.7. The second-order valence-electron chi connectivity index (χ2n) is 6.62. The van der Waals surface area contributed by atoms with Crippen LogP contribution in [0.5, 0.6) is 0 Å². The summed E-state index contributed by atoms with van der Waals surface area (Å²) in [4.78, 5) is 2.18. The molecule has 0 unspecified atom stereocenters. The molecule has 0 spiro atoms. The van der Waals surface area contributed by atoms with Gasteiger partial charge in [0.25, 0.3) is 0 Å². The van der Waals surface area contributed by atoms with Crippen LogP contribution in [0, 0.1) is 5.82 Å². The van der Waals surface area contributed by atoms with Crippen LogP contribution in [-0.4, -0.2) is 57.0 Å². The van der Waals surface area contributed by atoms with Crippen molar-refractivity contribution in [3.63, 3.8) is 0 Å². The molecule has 5 nitrogen and oxygen atoms in total. The van der Waals surface area contributed by atoms with E-state index >= 15 is 0 Å². The molecule has 1 fully saturated rings. The molecule has 1 aliphatic heterocycles. The van der Waals surface area contributed by atoms with Crippen molar-refractivity contribution >= 4 is 10.0 Å². The van der Waals surface area contributed by atoms with Gasteiger partial charge in [0, 0.05) is 38.3 Å². The molecule has 0 aliphatic carbocycles. The van der Waals surface area contributed by atoms with E-state index in [0.29, 0.717) is 31.9 Å². The third kappa shape index (κ3) is 5.84. The van der Waals surface area contributed by atoms with Gasteiger partial charge in [-0.05, 0) is 11.6 Å². The summed E-state index contributed by atoms with van der Waals surface area (Å²) in [6.45, 7) is 3.84. The largest absolute Gasteiger partial charge is 0.379 e. The zero-order valence-electron chi connectivity index (χ0n) is 15.3. The molecule has 27 heavy (non-hydrogen) atoms. The molecule has 0 N–H and O–H groups in total. The Morgan fingerprint density at radius 3 is 2.37 bits per heavy atom. The molecule has 0 aromatic heterocycles. The Labute approximate surface area is 160 Å². The highest BCUT2D eigenvalue weighted by Gasteiger charge is 2.25. The molecule has 0 amide bonds. The third-order valence-electron chi connectivity index (χ3n) is 4.66. The van der Waals surface area contributed by atoms with E-state index in [1.54, 1.807) is 30.3 Å². The molecule has 146 valence electrons. The van der Waals surface area contributed by atoms with Crippen molar-refractivity contribution in [3.05, 3.63) is 71.5 Å². The summed E-state index contributed by atoms with van der Waals surface area (Å²) in [6.07, 6.45) is 0. The van der Waals surface area contributed by atoms with Crippen molar-refractivity contribution in [2.24, 2.45) is 0 Å². The van der Waals surface area contributed by atoms with Crippen LogP contribution in [0.3, 0.4) is 0 Å². The summed E-state index contributed by atoms with van der Waals surface area (Å²) in [5.74, 6) is -0.477. The first-order chi connectivity index (χ1) is 13.0. The molecule has 0 bridgehead atoms. The molecule has 7 heteroatoms. The number of halogens is 1. The maximum atomic E-state index is 14.1. The van der Waals surface area contributed by atoms with E-state index in [1.165, 1.54) is 10.4 Å². The number of nitrogens with zero attached hydrogens (tertiary/aromatic N) is 2. The van der Waals surface area contributed by atoms with Gasteiger partial charge in [0.2, 0.25) is 10.0 Å². The standard InChI is InChI=1S/C20H25FN2O3S/c21-20-9-5-4-8-19(20)16-23(11-10-22-12-14-26-15-13-22)27(24,25)17-18-6-2-1-3-7-18/h1-9H,10-17H2. The average molecular weight is 392 g/mol. The van der Waals surface area contributed by atoms with E-state index in [-0.39, 0.29) is 18.1 Å². The Balaban J connectivity index is 1.76. The fraction of sp³-hybridized carbons (Fsp3) is 0.400. The lowest BCUT2D eigenvalue weighted by atomic mass is 10.2. The first-order valence-electron chi connectivity index (χ1n) is 9.10. The van der Waals surface area contributed by atoms with Crippen molar-refractivity contribution < 1.29 is 17.5 Å². The van der Waals surface area contributed by atoms with Gasteiger partial charge in [0.1, 0.15) is 5.82 Å². The van der Waals surface area contributed by atoms with Gasteiger partial charge in [-0.15, -0.1) is 0 Å². The molecular formula is C20H25FN2O3S. The zero-order chi connectivity index (χ0) is 19.1. The number of sulfonamides is 1. The highest BCUT2D eigenvalue weighted by atomic mass is 32.2. The van der Waals surface area contributed by atoms with Gasteiger partial charge >= 0.3 is 0 Å². The van der Waals surface area contributed by atoms with Crippen LogP contribution >= 0.6 is 0 Å². The summed E-state index contributed by atoms with van der Waals surface area (Å²) < 4.78 is 46.9. The van der Waals surface area contributed by atoms with Crippen molar-refractivity contribution in [2.45, 2.75) is 12.3 Å². The van der Waals surface area contributed by atoms with Crippen LogP contribution in [0.2, 0.25) is 0 Å². The highest BCUT2D eigenvalue weighted by molar-refractivity contribution is 7.88. The highest BCUT2D eigenvalue weighted by Crippen LogP contribution is 2.17. The summed E-state index contributed by atoms with van der Waals surface area (Å²) in [5, 5.41) is 0. The van der Waals surface area contributed by atoms with E-state index in [0.717, 1.165) is 18.7 Å². The van der Waals surface area contributed by atoms with E-state index < -0.39 is 10.0 Å². The second-order valence-corrected chi connectivity index (χ2v) is 8.59. The summed E-state index contributed by atoms with van der Waals surface area (Å²) in [6, 6.07) is 15.4. The summed E-state index contributed by atoms with van der Waals surface area (Å²) >= 11 is 0. The zero-order valence-corrected chi connectivity index (χ0v) is 16.1. The second kappa shape index (κ2) is 9.41. The quantitative estimate of drug-likeness (QED) is 0.693. The van der Waals surface area contributed by atoms with E-state index in [1.807, 2.05) is 18.2 Å². The average Bonchev–Trinajstić information content (AvgIpc) is 2.67. The molecule has 0 radical (unpaired) electrons. The topological polar surface area (TPSA) is 49.9 Å². The number of benzene rings is 2. The molecule has 2 aromatic carbocycles. The molecule has 2 aromatic rings. The molecule has 3 rings (SSSR count). The van der Waals surface area contributed by atoms with Gasteiger partial charge in [-0.1, -0.05) is 48.5 Å². The number of hydrogen-bond acceptors (Lipinski definition) is 4. The lowest BCUT2D eigenvalue weighted by Gasteiger charge is -2.30. The number of ether oxygens (including phenoxy) is 1. The first kappa shape index (κ1) is 19.9. The van der Waals surface area contributed by atoms with Gasteiger partial charge in [-0.3, -0.25) is 4.90 Å². The van der Waals surface area contributed by atoms with Crippen LogP contribution < -0.4 is 0 Å². The van der Waals surface area contributed by atoms with Gasteiger partial charge in [-0.25, -0.2) is 12.8 Å². The Morgan fingerprint density at radius 1 is 1.00 bits per heavy atom. The maximum absolute atomic E-state index is 14.1. The minimum absolute atomic E-state index is 0.0339. The Kier molecular flexibility index (Phi) is 6.95. The minimum atomic E-state index is -3.58. The molecular weight excluding hydrogens is 367 g/mol. The van der Waals surface area contributed by atoms with Gasteiger partial charge in [0.05, 0.1) is 19.0 Å². The Hall–Kier alpha value is -1.80. The Bertz CT molecular complexity index is 824. The van der Waals surface area contributed by atoms with Gasteiger partial charge in [0.15, 0.2) is 0 Å². The number of morpholine rings is 1. The maximum Gasteiger partial charge on any atom is 0.218 e. The fourth-order valence-electron chi connectivity index (χ4n) is 3.09. The lowest BCUT2D eigenvalue weighted by Crippen LogP contribution is -2.43. The monoisotopic (exact) mass is 392 g/mol.